The third-order valence-electron chi connectivity index (χ3n) is 3.06. The predicted octanol–water partition coefficient (Wildman–Crippen LogP) is 1.34. The molecule has 8 heteroatoms. The van der Waals surface area contributed by atoms with Crippen LogP contribution < -0.4 is 16.0 Å². The van der Waals surface area contributed by atoms with Crippen LogP contribution in [0.25, 0.3) is 0 Å². The van der Waals surface area contributed by atoms with Gasteiger partial charge in [0, 0.05) is 26.0 Å². The van der Waals surface area contributed by atoms with Gasteiger partial charge in [0.05, 0.1) is 18.8 Å². The van der Waals surface area contributed by atoms with E-state index in [0.29, 0.717) is 12.5 Å². The van der Waals surface area contributed by atoms with Crippen molar-refractivity contribution in [1.29, 1.82) is 0 Å². The van der Waals surface area contributed by atoms with Crippen molar-refractivity contribution in [1.82, 2.24) is 20.4 Å². The van der Waals surface area contributed by atoms with Gasteiger partial charge in [-0.15, -0.1) is 24.0 Å². The molecule has 0 bridgehead atoms. The van der Waals surface area contributed by atoms with Gasteiger partial charge >= 0.3 is 0 Å². The highest BCUT2D eigenvalue weighted by Crippen LogP contribution is 2.03. The number of aromatic nitrogens is 2. The van der Waals surface area contributed by atoms with E-state index in [4.69, 9.17) is 0 Å². The predicted molar refractivity (Wildman–Crippen MR) is 102 cm³/mol. The summed E-state index contributed by atoms with van der Waals surface area (Å²) in [6.07, 6.45) is 1.74. The minimum atomic E-state index is -0.130. The zero-order valence-electron chi connectivity index (χ0n) is 13.1. The summed E-state index contributed by atoms with van der Waals surface area (Å²) >= 11 is 0. The number of guanidine groups is 1. The zero-order chi connectivity index (χ0) is 15.8. The lowest BCUT2D eigenvalue weighted by Gasteiger charge is -2.12. The molecule has 7 nitrogen and oxygen atoms in total. The standard InChI is InChI=1S/C15H20N6O.HI/c1-16-15(17-10-13-8-9-19-21(13)2)18-11-14(22)20-12-6-4-3-5-7-12;/h3-9H,10-11H2,1-2H3,(H,20,22)(H2,16,17,18);1H. The average Bonchev–Trinajstić information content (AvgIpc) is 2.94. The minimum Gasteiger partial charge on any atom is -0.351 e. The number of nitrogens with zero attached hydrogens (tertiary/aromatic N) is 3. The largest absolute Gasteiger partial charge is 0.351 e. The summed E-state index contributed by atoms with van der Waals surface area (Å²) in [5, 5.41) is 13.0. The van der Waals surface area contributed by atoms with E-state index in [9.17, 15) is 4.79 Å². The van der Waals surface area contributed by atoms with Gasteiger partial charge in [-0.1, -0.05) is 18.2 Å². The van der Waals surface area contributed by atoms with Crippen LogP contribution in [0.4, 0.5) is 5.69 Å². The van der Waals surface area contributed by atoms with Crippen molar-refractivity contribution >= 4 is 41.5 Å². The van der Waals surface area contributed by atoms with Crippen molar-refractivity contribution in [3.8, 4) is 0 Å². The smallest absolute Gasteiger partial charge is 0.243 e. The molecule has 23 heavy (non-hydrogen) atoms. The number of hydrogen-bond donors (Lipinski definition) is 3. The second kappa shape index (κ2) is 9.82. The molecule has 0 fully saturated rings. The van der Waals surface area contributed by atoms with Gasteiger partial charge in [-0.05, 0) is 18.2 Å². The minimum absolute atomic E-state index is 0. The van der Waals surface area contributed by atoms with E-state index in [2.05, 4.69) is 26.0 Å². The van der Waals surface area contributed by atoms with Crippen molar-refractivity contribution < 1.29 is 4.79 Å². The number of anilines is 1. The maximum atomic E-state index is 11.8. The Labute approximate surface area is 152 Å². The van der Waals surface area contributed by atoms with Crippen molar-refractivity contribution in [2.24, 2.45) is 12.0 Å². The van der Waals surface area contributed by atoms with Crippen molar-refractivity contribution in [2.45, 2.75) is 6.54 Å². The normalized spacial score (nSPS) is 10.6. The van der Waals surface area contributed by atoms with Crippen LogP contribution >= 0.6 is 24.0 Å². The summed E-state index contributed by atoms with van der Waals surface area (Å²) in [4.78, 5) is 15.9. The van der Waals surface area contributed by atoms with Gasteiger partial charge in [-0.3, -0.25) is 14.5 Å². The van der Waals surface area contributed by atoms with Crippen LogP contribution in [0.1, 0.15) is 5.69 Å². The number of rotatable bonds is 5. The van der Waals surface area contributed by atoms with E-state index >= 15 is 0 Å². The SMILES string of the molecule is CN=C(NCC(=O)Nc1ccccc1)NCc1ccnn1C.I. The molecule has 2 rings (SSSR count). The van der Waals surface area contributed by atoms with Gasteiger partial charge < -0.3 is 16.0 Å². The third-order valence-corrected chi connectivity index (χ3v) is 3.06. The van der Waals surface area contributed by atoms with Crippen molar-refractivity contribution in [3.05, 3.63) is 48.3 Å². The van der Waals surface area contributed by atoms with E-state index in [1.54, 1.807) is 17.9 Å². The number of carbonyl (C=O) groups is 1. The molecule has 0 aliphatic rings. The van der Waals surface area contributed by atoms with Crippen LogP contribution in [-0.4, -0.2) is 35.2 Å². The van der Waals surface area contributed by atoms with Gasteiger partial charge in [0.1, 0.15) is 0 Å². The Balaban J connectivity index is 0.00000264. The fraction of sp³-hybridized carbons (Fsp3) is 0.267. The number of aliphatic imine (C=N–C) groups is 1. The van der Waals surface area contributed by atoms with Crippen LogP contribution in [0.15, 0.2) is 47.6 Å². The van der Waals surface area contributed by atoms with Crippen molar-refractivity contribution in [3.63, 3.8) is 0 Å². The van der Waals surface area contributed by atoms with Crippen LogP contribution in [0.2, 0.25) is 0 Å². The molecule has 2 aromatic rings. The monoisotopic (exact) mass is 428 g/mol. The highest BCUT2D eigenvalue weighted by Gasteiger charge is 2.05. The molecule has 0 radical (unpaired) electrons. The summed E-state index contributed by atoms with van der Waals surface area (Å²) in [6, 6.07) is 11.2. The molecule has 0 aliphatic heterocycles. The van der Waals surface area contributed by atoms with Crippen LogP contribution in [0, 0.1) is 0 Å². The van der Waals surface area contributed by atoms with E-state index in [0.717, 1.165) is 11.4 Å². The lowest BCUT2D eigenvalue weighted by atomic mass is 10.3. The van der Waals surface area contributed by atoms with E-state index in [1.807, 2.05) is 43.4 Å². The first-order valence-corrected chi connectivity index (χ1v) is 6.95. The fourth-order valence-electron chi connectivity index (χ4n) is 1.86. The summed E-state index contributed by atoms with van der Waals surface area (Å²) in [5.74, 6) is 0.430. The molecule has 0 aliphatic carbocycles. The molecule has 1 aromatic carbocycles. The van der Waals surface area contributed by atoms with Crippen molar-refractivity contribution in [2.75, 3.05) is 18.9 Å². The van der Waals surface area contributed by atoms with Gasteiger partial charge in [0.2, 0.25) is 5.91 Å². The van der Waals surface area contributed by atoms with Gasteiger partial charge in [-0.25, -0.2) is 0 Å². The molecule has 0 saturated heterocycles. The number of carbonyl (C=O) groups excluding carboxylic acids is 1. The molecule has 0 spiro atoms. The highest BCUT2D eigenvalue weighted by atomic mass is 127. The Morgan fingerprint density at radius 2 is 1.96 bits per heavy atom. The Hall–Kier alpha value is -2.10. The maximum absolute atomic E-state index is 11.8. The maximum Gasteiger partial charge on any atom is 0.243 e. The summed E-state index contributed by atoms with van der Waals surface area (Å²) < 4.78 is 1.78. The second-order valence-electron chi connectivity index (χ2n) is 4.64. The number of aryl methyl sites for hydroxylation is 1. The quantitative estimate of drug-likeness (QED) is 0.382. The molecular weight excluding hydrogens is 407 g/mol. The lowest BCUT2D eigenvalue weighted by Crippen LogP contribution is -2.41. The molecule has 1 heterocycles. The molecule has 3 N–H and O–H groups in total. The fourth-order valence-corrected chi connectivity index (χ4v) is 1.86. The highest BCUT2D eigenvalue weighted by molar-refractivity contribution is 14.0. The summed E-state index contributed by atoms with van der Waals surface area (Å²) in [6.45, 7) is 0.719. The number of hydrogen-bond acceptors (Lipinski definition) is 3. The number of benzene rings is 1. The molecule has 0 saturated carbocycles. The first kappa shape index (κ1) is 18.9. The molecule has 1 amide bonds. The topological polar surface area (TPSA) is 83.3 Å². The van der Waals surface area contributed by atoms with E-state index < -0.39 is 0 Å². The number of nitrogens with one attached hydrogen (secondary N) is 3. The third kappa shape index (κ3) is 6.27. The van der Waals surface area contributed by atoms with Gasteiger partial charge in [0.25, 0.3) is 0 Å². The Kier molecular flexibility index (Phi) is 8.09. The van der Waals surface area contributed by atoms with Crippen LogP contribution in [0.3, 0.4) is 0 Å². The Bertz CT molecular complexity index is 640. The van der Waals surface area contributed by atoms with Gasteiger partial charge in [0.15, 0.2) is 5.96 Å². The van der Waals surface area contributed by atoms with E-state index in [-0.39, 0.29) is 36.4 Å². The Morgan fingerprint density at radius 3 is 2.57 bits per heavy atom. The molecule has 0 atom stereocenters. The number of para-hydroxylation sites is 1. The number of halogens is 1. The van der Waals surface area contributed by atoms with Gasteiger partial charge in [-0.2, -0.15) is 5.10 Å². The Morgan fingerprint density at radius 1 is 1.22 bits per heavy atom. The van der Waals surface area contributed by atoms with Crippen LogP contribution in [-0.2, 0) is 18.4 Å². The van der Waals surface area contributed by atoms with E-state index in [1.165, 1.54) is 0 Å². The summed E-state index contributed by atoms with van der Waals surface area (Å²) in [5.41, 5.74) is 1.80. The van der Waals surface area contributed by atoms with Crippen LogP contribution in [0.5, 0.6) is 0 Å². The second-order valence-corrected chi connectivity index (χ2v) is 4.64. The lowest BCUT2D eigenvalue weighted by molar-refractivity contribution is -0.115. The first-order chi connectivity index (χ1) is 10.7. The molecule has 0 unspecified atom stereocenters. The average molecular weight is 428 g/mol. The molecular formula is C15H21IN6O. The zero-order valence-corrected chi connectivity index (χ0v) is 15.4. The number of amides is 1. The molecule has 124 valence electrons. The first-order valence-electron chi connectivity index (χ1n) is 6.95. The summed E-state index contributed by atoms with van der Waals surface area (Å²) in [7, 11) is 3.54. The molecule has 1 aromatic heterocycles.